The number of hydrogen-bond acceptors (Lipinski definition) is 2. The van der Waals surface area contributed by atoms with Crippen molar-refractivity contribution in [1.82, 2.24) is 9.78 Å². The van der Waals surface area contributed by atoms with Crippen molar-refractivity contribution in [3.63, 3.8) is 0 Å². The lowest BCUT2D eigenvalue weighted by atomic mass is 10.1. The van der Waals surface area contributed by atoms with Gasteiger partial charge in [0.2, 0.25) is 0 Å². The lowest BCUT2D eigenvalue weighted by Crippen LogP contribution is -1.93. The molecule has 1 aromatic carbocycles. The topological polar surface area (TPSA) is 44.5 Å². The number of aryl methyl sites for hydroxylation is 1. The molecule has 0 saturated carbocycles. The Morgan fingerprint density at radius 3 is 2.53 bits per heavy atom. The smallest absolute Gasteiger partial charge is 0.141 e. The Morgan fingerprint density at radius 2 is 2.00 bits per heavy atom. The molecule has 0 atom stereocenters. The van der Waals surface area contributed by atoms with E-state index in [0.29, 0.717) is 10.3 Å². The van der Waals surface area contributed by atoms with Gasteiger partial charge >= 0.3 is 0 Å². The van der Waals surface area contributed by atoms with Crippen LogP contribution >= 0.6 is 12.2 Å². The number of H-pyrrole nitrogens is 1. The molecule has 86 valence electrons. The van der Waals surface area contributed by atoms with E-state index < -0.39 is 11.6 Å². The standard InChI is InChI=1S/C11H7F2N3S/c1-16-11(17)4-10(15-16)7-3-8(12)6(5-14)2-9(7)13/h2-4,15H,1H3. The Labute approximate surface area is 101 Å². The molecule has 0 aliphatic carbocycles. The van der Waals surface area contributed by atoms with Gasteiger partial charge in [0.05, 0.1) is 11.3 Å². The maximum Gasteiger partial charge on any atom is 0.141 e. The van der Waals surface area contributed by atoms with E-state index in [0.717, 1.165) is 12.1 Å². The Hall–Kier alpha value is -2.00. The van der Waals surface area contributed by atoms with Crippen LogP contribution in [-0.2, 0) is 7.05 Å². The quantitative estimate of drug-likeness (QED) is 0.792. The third kappa shape index (κ3) is 1.97. The summed E-state index contributed by atoms with van der Waals surface area (Å²) in [6.45, 7) is 0. The molecule has 1 aromatic heterocycles. The van der Waals surface area contributed by atoms with Crippen LogP contribution in [0.1, 0.15) is 5.56 Å². The summed E-state index contributed by atoms with van der Waals surface area (Å²) in [5.74, 6) is -1.42. The van der Waals surface area contributed by atoms with Crippen molar-refractivity contribution in [2.75, 3.05) is 0 Å². The predicted molar refractivity (Wildman–Crippen MR) is 60.7 cm³/mol. The van der Waals surface area contributed by atoms with Crippen LogP contribution < -0.4 is 0 Å². The number of nitrogens with zero attached hydrogens (tertiary/aromatic N) is 2. The van der Waals surface area contributed by atoms with Crippen LogP contribution in [0.25, 0.3) is 11.3 Å². The summed E-state index contributed by atoms with van der Waals surface area (Å²) in [7, 11) is 1.67. The van der Waals surface area contributed by atoms with Crippen LogP contribution in [0, 0.1) is 27.6 Å². The van der Waals surface area contributed by atoms with E-state index >= 15 is 0 Å². The first-order chi connectivity index (χ1) is 8.02. The Bertz CT molecular complexity index is 679. The predicted octanol–water partition coefficient (Wildman–Crippen LogP) is 2.90. The van der Waals surface area contributed by atoms with Gasteiger partial charge in [0.15, 0.2) is 0 Å². The van der Waals surface area contributed by atoms with Crippen molar-refractivity contribution in [1.29, 1.82) is 5.26 Å². The van der Waals surface area contributed by atoms with Crippen LogP contribution in [0.4, 0.5) is 8.78 Å². The number of nitriles is 1. The molecule has 0 bridgehead atoms. The molecule has 3 nitrogen and oxygen atoms in total. The average Bonchev–Trinajstić information content (AvgIpc) is 2.61. The van der Waals surface area contributed by atoms with E-state index in [1.807, 2.05) is 0 Å². The molecule has 0 spiro atoms. The minimum Gasteiger partial charge on any atom is -0.297 e. The van der Waals surface area contributed by atoms with Gasteiger partial charge in [-0.1, -0.05) is 12.2 Å². The number of aromatic amines is 1. The van der Waals surface area contributed by atoms with Crippen LogP contribution in [0.15, 0.2) is 18.2 Å². The van der Waals surface area contributed by atoms with E-state index in [9.17, 15) is 8.78 Å². The zero-order valence-electron chi connectivity index (χ0n) is 8.79. The van der Waals surface area contributed by atoms with Gasteiger partial charge in [-0.25, -0.2) is 8.78 Å². The maximum atomic E-state index is 13.7. The molecular weight excluding hydrogens is 244 g/mol. The highest BCUT2D eigenvalue weighted by atomic mass is 32.1. The van der Waals surface area contributed by atoms with E-state index in [4.69, 9.17) is 17.5 Å². The lowest BCUT2D eigenvalue weighted by molar-refractivity contribution is 0.599. The third-order valence-electron chi connectivity index (χ3n) is 2.35. The Kier molecular flexibility index (Phi) is 2.77. The minimum absolute atomic E-state index is 0.0493. The van der Waals surface area contributed by atoms with Crippen molar-refractivity contribution < 1.29 is 8.78 Å². The molecule has 0 unspecified atom stereocenters. The van der Waals surface area contributed by atoms with Crippen LogP contribution in [0.2, 0.25) is 0 Å². The molecule has 0 aliphatic rings. The summed E-state index contributed by atoms with van der Waals surface area (Å²) >= 11 is 4.96. The summed E-state index contributed by atoms with van der Waals surface area (Å²) in [6, 6.07) is 4.96. The highest BCUT2D eigenvalue weighted by Gasteiger charge is 2.12. The number of nitrogens with one attached hydrogen (secondary N) is 1. The fourth-order valence-corrected chi connectivity index (χ4v) is 1.63. The van der Waals surface area contributed by atoms with Crippen LogP contribution in [-0.4, -0.2) is 9.78 Å². The van der Waals surface area contributed by atoms with Gasteiger partial charge in [-0.15, -0.1) is 0 Å². The van der Waals surface area contributed by atoms with Gasteiger partial charge < -0.3 is 0 Å². The highest BCUT2D eigenvalue weighted by Crippen LogP contribution is 2.24. The molecule has 1 N–H and O–H groups in total. The largest absolute Gasteiger partial charge is 0.297 e. The van der Waals surface area contributed by atoms with Crippen LogP contribution in [0.3, 0.4) is 0 Å². The number of halogens is 2. The first kappa shape index (κ1) is 11.5. The molecule has 2 aromatic rings. The summed E-state index contributed by atoms with van der Waals surface area (Å²) in [6.07, 6.45) is 0. The fraction of sp³-hybridized carbons (Fsp3) is 0.0909. The van der Waals surface area contributed by atoms with Gasteiger partial charge in [0.1, 0.15) is 22.3 Å². The number of hydrogen-bond donors (Lipinski definition) is 1. The summed E-state index contributed by atoms with van der Waals surface area (Å²) in [5.41, 5.74) is 0.104. The monoisotopic (exact) mass is 251 g/mol. The second-order valence-electron chi connectivity index (χ2n) is 3.49. The number of aromatic nitrogens is 2. The molecule has 0 amide bonds. The van der Waals surface area contributed by atoms with Gasteiger partial charge in [-0.2, -0.15) is 5.26 Å². The molecule has 0 fully saturated rings. The molecule has 2 rings (SSSR count). The number of rotatable bonds is 1. The first-order valence-corrected chi connectivity index (χ1v) is 5.09. The van der Waals surface area contributed by atoms with E-state index in [2.05, 4.69) is 5.10 Å². The molecule has 0 radical (unpaired) electrons. The number of benzene rings is 1. The Morgan fingerprint density at radius 1 is 1.29 bits per heavy atom. The van der Waals surface area contributed by atoms with Crippen molar-refractivity contribution >= 4 is 12.2 Å². The van der Waals surface area contributed by atoms with Gasteiger partial charge in [0.25, 0.3) is 0 Å². The van der Waals surface area contributed by atoms with Gasteiger partial charge in [-0.05, 0) is 12.1 Å². The molecule has 1 heterocycles. The molecule has 0 saturated heterocycles. The van der Waals surface area contributed by atoms with Gasteiger partial charge in [-0.3, -0.25) is 9.78 Å². The first-order valence-electron chi connectivity index (χ1n) is 4.68. The summed E-state index contributed by atoms with van der Waals surface area (Å²) < 4.78 is 29.0. The van der Waals surface area contributed by atoms with E-state index in [1.165, 1.54) is 10.7 Å². The maximum absolute atomic E-state index is 13.7. The zero-order chi connectivity index (χ0) is 12.6. The summed E-state index contributed by atoms with van der Waals surface area (Å²) in [5, 5.41) is 11.4. The van der Waals surface area contributed by atoms with Crippen molar-refractivity contribution in [2.24, 2.45) is 7.05 Å². The van der Waals surface area contributed by atoms with E-state index in [-0.39, 0.29) is 11.1 Å². The zero-order valence-corrected chi connectivity index (χ0v) is 9.61. The minimum atomic E-state index is -0.757. The summed E-state index contributed by atoms with van der Waals surface area (Å²) in [4.78, 5) is 0. The normalized spacial score (nSPS) is 10.2. The second-order valence-corrected chi connectivity index (χ2v) is 3.91. The van der Waals surface area contributed by atoms with Crippen molar-refractivity contribution in [3.8, 4) is 17.3 Å². The second kappa shape index (κ2) is 4.11. The highest BCUT2D eigenvalue weighted by molar-refractivity contribution is 7.71. The van der Waals surface area contributed by atoms with Crippen molar-refractivity contribution in [2.45, 2.75) is 0 Å². The van der Waals surface area contributed by atoms with Crippen molar-refractivity contribution in [3.05, 3.63) is 40.0 Å². The molecule has 0 aliphatic heterocycles. The van der Waals surface area contributed by atoms with Crippen LogP contribution in [0.5, 0.6) is 0 Å². The molecule has 6 heteroatoms. The SMILES string of the molecule is Cn1[nH]c(-c2cc(F)c(C#N)cc2F)cc1=S. The molecule has 17 heavy (non-hydrogen) atoms. The van der Waals surface area contributed by atoms with E-state index in [1.54, 1.807) is 13.1 Å². The molecular formula is C11H7F2N3S. The lowest BCUT2D eigenvalue weighted by Gasteiger charge is -2.02. The fourth-order valence-electron chi connectivity index (χ4n) is 1.47. The Balaban J connectivity index is 2.65. The third-order valence-corrected chi connectivity index (χ3v) is 2.75. The van der Waals surface area contributed by atoms with Gasteiger partial charge in [0, 0.05) is 18.7 Å². The average molecular weight is 251 g/mol.